The third kappa shape index (κ3) is 3.86. The Morgan fingerprint density at radius 1 is 0.939 bits per heavy atom. The Labute approximate surface area is 190 Å². The Bertz CT molecular complexity index is 1520. The molecule has 1 aliphatic heterocycles. The number of nitrogens with zero attached hydrogens (tertiary/aromatic N) is 3. The molecule has 0 unspecified atom stereocenters. The number of hydrogen-bond acceptors (Lipinski definition) is 4. The van der Waals surface area contributed by atoms with Crippen LogP contribution in [0.4, 0.5) is 0 Å². The van der Waals surface area contributed by atoms with E-state index in [1.807, 2.05) is 37.6 Å². The Kier molecular flexibility index (Phi) is 4.86. The molecule has 1 fully saturated rings. The molecule has 0 amide bonds. The molecule has 0 spiro atoms. The van der Waals surface area contributed by atoms with Crippen LogP contribution in [-0.2, 0) is 18.3 Å². The fraction of sp³-hybridized carbons (Fsp3) is 0.231. The first-order valence-electron chi connectivity index (χ1n) is 11.2. The highest BCUT2D eigenvalue weighted by atomic mass is 16.5. The van der Waals surface area contributed by atoms with Crippen LogP contribution >= 0.6 is 0 Å². The molecule has 3 aromatic heterocycles. The second-order valence-electron chi connectivity index (χ2n) is 8.71. The van der Waals surface area contributed by atoms with Crippen molar-refractivity contribution in [2.24, 2.45) is 7.05 Å². The van der Waals surface area contributed by atoms with Crippen molar-refractivity contribution in [3.63, 3.8) is 0 Å². The topological polar surface area (TPSA) is 78.9 Å². The van der Waals surface area contributed by atoms with Crippen LogP contribution in [0.1, 0.15) is 5.56 Å². The highest BCUT2D eigenvalue weighted by molar-refractivity contribution is 5.90. The summed E-state index contributed by atoms with van der Waals surface area (Å²) in [5, 5.41) is 6.36. The smallest absolute Gasteiger partial charge is 0.257 e. The molecule has 0 bridgehead atoms. The molecule has 0 radical (unpaired) electrons. The largest absolute Gasteiger partial charge is 0.379 e. The minimum atomic E-state index is -0.100. The minimum Gasteiger partial charge on any atom is -0.379 e. The third-order valence-electron chi connectivity index (χ3n) is 6.37. The van der Waals surface area contributed by atoms with E-state index in [1.54, 1.807) is 4.68 Å². The molecule has 2 N–H and O–H groups in total. The maximum atomic E-state index is 12.9. The summed E-state index contributed by atoms with van der Waals surface area (Å²) in [6.45, 7) is 4.43. The highest BCUT2D eigenvalue weighted by Crippen LogP contribution is 2.27. The van der Waals surface area contributed by atoms with Crippen LogP contribution in [0.25, 0.3) is 44.2 Å². The van der Waals surface area contributed by atoms with Gasteiger partial charge in [0.25, 0.3) is 5.56 Å². The molecule has 0 atom stereocenters. The number of nitrogens with one attached hydrogen (secondary N) is 2. The summed E-state index contributed by atoms with van der Waals surface area (Å²) in [6, 6.07) is 16.6. The molecule has 4 heterocycles. The highest BCUT2D eigenvalue weighted by Gasteiger charge is 2.13. The van der Waals surface area contributed by atoms with E-state index >= 15 is 0 Å². The van der Waals surface area contributed by atoms with Gasteiger partial charge in [-0.15, -0.1) is 0 Å². The van der Waals surface area contributed by atoms with Gasteiger partial charge >= 0.3 is 0 Å². The lowest BCUT2D eigenvalue weighted by atomic mass is 10.0. The number of aryl methyl sites for hydroxylation is 1. The summed E-state index contributed by atoms with van der Waals surface area (Å²) < 4.78 is 7.24. The molecule has 7 heteroatoms. The van der Waals surface area contributed by atoms with Gasteiger partial charge in [-0.3, -0.25) is 14.4 Å². The molecule has 0 saturated carbocycles. The zero-order valence-corrected chi connectivity index (χ0v) is 18.5. The summed E-state index contributed by atoms with van der Waals surface area (Å²) in [7, 11) is 1.91. The monoisotopic (exact) mass is 439 g/mol. The predicted molar refractivity (Wildman–Crippen MR) is 130 cm³/mol. The molecule has 6 rings (SSSR count). The molecule has 33 heavy (non-hydrogen) atoms. The van der Waals surface area contributed by atoms with Crippen LogP contribution < -0.4 is 5.56 Å². The van der Waals surface area contributed by atoms with Gasteiger partial charge in [0.15, 0.2) is 0 Å². The Balaban J connectivity index is 1.36. The van der Waals surface area contributed by atoms with Gasteiger partial charge in [-0.25, -0.2) is 0 Å². The van der Waals surface area contributed by atoms with E-state index in [4.69, 9.17) is 4.74 Å². The number of morpholine rings is 1. The minimum absolute atomic E-state index is 0.100. The number of H-pyrrole nitrogens is 2. The van der Waals surface area contributed by atoms with Gasteiger partial charge in [-0.05, 0) is 52.9 Å². The van der Waals surface area contributed by atoms with Crippen molar-refractivity contribution in [2.45, 2.75) is 6.54 Å². The summed E-state index contributed by atoms with van der Waals surface area (Å²) in [5.74, 6) is 0. The standard InChI is InChI=1S/C26H25N5O2/c1-30-16-21(14-27-30)18-3-5-24-20(11-18)12-22(26(32)29-24)25-13-19-10-17(2-4-23(19)28-25)15-31-6-8-33-9-7-31/h2-5,10-14,16,28H,6-9,15H2,1H3,(H,29,32). The lowest BCUT2D eigenvalue weighted by Gasteiger charge is -2.26. The van der Waals surface area contributed by atoms with E-state index in [0.717, 1.165) is 71.5 Å². The quantitative estimate of drug-likeness (QED) is 0.445. The van der Waals surface area contributed by atoms with E-state index in [-0.39, 0.29) is 5.56 Å². The number of fused-ring (bicyclic) bond motifs is 2. The number of hydrogen-bond donors (Lipinski definition) is 2. The molecule has 166 valence electrons. The molecule has 1 saturated heterocycles. The fourth-order valence-electron chi connectivity index (χ4n) is 4.60. The van der Waals surface area contributed by atoms with Crippen LogP contribution in [0.15, 0.2) is 65.7 Å². The first-order valence-corrected chi connectivity index (χ1v) is 11.2. The van der Waals surface area contributed by atoms with Crippen molar-refractivity contribution in [3.8, 4) is 22.4 Å². The number of aromatic nitrogens is 4. The van der Waals surface area contributed by atoms with Crippen molar-refractivity contribution in [2.75, 3.05) is 26.3 Å². The Morgan fingerprint density at radius 3 is 2.55 bits per heavy atom. The number of benzene rings is 2. The lowest BCUT2D eigenvalue weighted by Crippen LogP contribution is -2.35. The van der Waals surface area contributed by atoms with Crippen molar-refractivity contribution >= 4 is 21.8 Å². The Hall–Kier alpha value is -3.68. The predicted octanol–water partition coefficient (Wildman–Crippen LogP) is 3.91. The molecule has 1 aliphatic rings. The van der Waals surface area contributed by atoms with E-state index in [0.29, 0.717) is 5.56 Å². The number of aromatic amines is 2. The van der Waals surface area contributed by atoms with Crippen LogP contribution in [0.3, 0.4) is 0 Å². The van der Waals surface area contributed by atoms with Gasteiger partial charge in [0.1, 0.15) is 0 Å². The Morgan fingerprint density at radius 2 is 1.73 bits per heavy atom. The maximum Gasteiger partial charge on any atom is 0.257 e. The molecule has 2 aromatic carbocycles. The van der Waals surface area contributed by atoms with Crippen LogP contribution in [0.2, 0.25) is 0 Å². The van der Waals surface area contributed by atoms with Gasteiger partial charge in [-0.1, -0.05) is 12.1 Å². The average molecular weight is 440 g/mol. The van der Waals surface area contributed by atoms with Crippen molar-refractivity contribution < 1.29 is 4.74 Å². The zero-order valence-electron chi connectivity index (χ0n) is 18.5. The maximum absolute atomic E-state index is 12.9. The average Bonchev–Trinajstić information content (AvgIpc) is 3.45. The number of rotatable bonds is 4. The van der Waals surface area contributed by atoms with Gasteiger partial charge in [0.05, 0.1) is 30.7 Å². The first kappa shape index (κ1) is 20.0. The van der Waals surface area contributed by atoms with E-state index < -0.39 is 0 Å². The van der Waals surface area contributed by atoms with Gasteiger partial charge in [0.2, 0.25) is 0 Å². The van der Waals surface area contributed by atoms with Gasteiger partial charge < -0.3 is 14.7 Å². The second-order valence-corrected chi connectivity index (χ2v) is 8.71. The van der Waals surface area contributed by atoms with Crippen LogP contribution in [-0.4, -0.2) is 51.0 Å². The molecular formula is C26H25N5O2. The van der Waals surface area contributed by atoms with Crippen molar-refractivity contribution in [1.82, 2.24) is 24.6 Å². The number of pyridine rings is 1. The summed E-state index contributed by atoms with van der Waals surface area (Å²) in [4.78, 5) is 21.8. The molecule has 0 aliphatic carbocycles. The normalized spacial score (nSPS) is 14.9. The van der Waals surface area contributed by atoms with E-state index in [2.05, 4.69) is 50.3 Å². The van der Waals surface area contributed by atoms with Gasteiger partial charge in [-0.2, -0.15) is 5.10 Å². The zero-order chi connectivity index (χ0) is 22.4. The molecule has 7 nitrogen and oxygen atoms in total. The molecule has 5 aromatic rings. The second kappa shape index (κ2) is 8.03. The van der Waals surface area contributed by atoms with Gasteiger partial charge in [0, 0.05) is 54.9 Å². The summed E-state index contributed by atoms with van der Waals surface area (Å²) in [5.41, 5.74) is 6.59. The van der Waals surface area contributed by atoms with E-state index in [1.165, 1.54) is 5.56 Å². The third-order valence-corrected chi connectivity index (χ3v) is 6.37. The van der Waals surface area contributed by atoms with Crippen LogP contribution in [0, 0.1) is 0 Å². The first-order chi connectivity index (χ1) is 16.1. The van der Waals surface area contributed by atoms with Crippen molar-refractivity contribution in [3.05, 3.63) is 76.8 Å². The summed E-state index contributed by atoms with van der Waals surface area (Å²) in [6.07, 6.45) is 3.83. The van der Waals surface area contributed by atoms with E-state index in [9.17, 15) is 4.79 Å². The molecular weight excluding hydrogens is 414 g/mol. The fourth-order valence-corrected chi connectivity index (χ4v) is 4.60. The SMILES string of the molecule is Cn1cc(-c2ccc3[nH]c(=O)c(-c4cc5cc(CN6CCOCC6)ccc5[nH]4)cc3c2)cn1. The van der Waals surface area contributed by atoms with Crippen molar-refractivity contribution in [1.29, 1.82) is 0 Å². The summed E-state index contributed by atoms with van der Waals surface area (Å²) >= 11 is 0. The lowest BCUT2D eigenvalue weighted by molar-refractivity contribution is 0.0342. The van der Waals surface area contributed by atoms with Crippen LogP contribution in [0.5, 0.6) is 0 Å². The number of ether oxygens (including phenoxy) is 1.